The second kappa shape index (κ2) is 3.47. The summed E-state index contributed by atoms with van der Waals surface area (Å²) in [4.78, 5) is 10.1. The van der Waals surface area contributed by atoms with Crippen molar-refractivity contribution in [3.63, 3.8) is 0 Å². The molecule has 0 aromatic heterocycles. The Bertz CT molecular complexity index is 269. The number of aliphatic carboxylic acids is 1. The highest BCUT2D eigenvalue weighted by Gasteiger charge is 2.20. The summed E-state index contributed by atoms with van der Waals surface area (Å²) < 4.78 is 23.3. The number of rotatable bonds is 3. The highest BCUT2D eigenvalue weighted by Crippen LogP contribution is 2.13. The number of carboxylic acids is 1. The van der Waals surface area contributed by atoms with E-state index in [1.54, 1.807) is 0 Å². The van der Waals surface area contributed by atoms with E-state index in [0.29, 0.717) is 0 Å². The lowest BCUT2D eigenvalue weighted by Crippen LogP contribution is -2.20. The molecule has 0 fully saturated rings. The summed E-state index contributed by atoms with van der Waals surface area (Å²) in [7, 11) is -2.54. The first-order valence-electron chi connectivity index (χ1n) is 2.87. The van der Waals surface area contributed by atoms with Gasteiger partial charge in [0.05, 0.1) is 12.0 Å². The van der Waals surface area contributed by atoms with Gasteiger partial charge < -0.3 is 5.11 Å². The summed E-state index contributed by atoms with van der Waals surface area (Å²) >= 11 is 0. The highest BCUT2D eigenvalue weighted by molar-refractivity contribution is 7.61. The van der Waals surface area contributed by atoms with Crippen molar-refractivity contribution in [1.29, 1.82) is 0 Å². The lowest BCUT2D eigenvalue weighted by Gasteiger charge is -2.12. The zero-order valence-corrected chi connectivity index (χ0v) is 7.05. The van der Waals surface area contributed by atoms with Gasteiger partial charge in [-0.15, -0.1) is 0 Å². The third kappa shape index (κ3) is 5.53. The first-order chi connectivity index (χ1) is 4.83. The summed E-state index contributed by atoms with van der Waals surface area (Å²) in [6, 6.07) is 0. The number of nitrogens with zero attached hydrogens (tertiary/aromatic N) is 1. The molecule has 0 bridgehead atoms. The second-order valence-corrected chi connectivity index (χ2v) is 3.31. The van der Waals surface area contributed by atoms with Crippen LogP contribution in [0.3, 0.4) is 0 Å². The van der Waals surface area contributed by atoms with E-state index in [4.69, 9.17) is 5.11 Å². The lowest BCUT2D eigenvalue weighted by atomic mass is 10.0. The van der Waals surface area contributed by atoms with Crippen molar-refractivity contribution in [2.24, 2.45) is 4.36 Å². The SMILES string of the molecule is CC(C)(CC(=O)O)N=S(=O)=O. The molecule has 0 spiro atoms. The van der Waals surface area contributed by atoms with Crippen molar-refractivity contribution >= 4 is 16.5 Å². The molecule has 0 unspecified atom stereocenters. The zero-order chi connectivity index (χ0) is 9.07. The molecule has 0 amide bonds. The van der Waals surface area contributed by atoms with Crippen molar-refractivity contribution in [3.05, 3.63) is 0 Å². The molecule has 0 aliphatic rings. The van der Waals surface area contributed by atoms with Gasteiger partial charge in [-0.25, -0.2) is 0 Å². The normalized spacial score (nSPS) is 10.7. The third-order valence-electron chi connectivity index (χ3n) is 0.905. The molecule has 0 saturated heterocycles. The molecule has 0 aliphatic carbocycles. The van der Waals surface area contributed by atoms with Crippen LogP contribution >= 0.6 is 0 Å². The molecule has 0 aliphatic heterocycles. The maximum atomic E-state index is 10.1. The summed E-state index contributed by atoms with van der Waals surface area (Å²) in [6.07, 6.45) is -0.291. The maximum absolute atomic E-state index is 10.1. The highest BCUT2D eigenvalue weighted by atomic mass is 32.2. The van der Waals surface area contributed by atoms with Gasteiger partial charge in [0.2, 0.25) is 0 Å². The standard InChI is InChI=1S/C5H9NO4S/c1-5(2,3-4(7)8)6-11(9)10/h3H2,1-2H3,(H,7,8). The van der Waals surface area contributed by atoms with Crippen LogP contribution in [0.15, 0.2) is 4.36 Å². The van der Waals surface area contributed by atoms with E-state index in [0.717, 1.165) is 0 Å². The molecule has 11 heavy (non-hydrogen) atoms. The van der Waals surface area contributed by atoms with Crippen LogP contribution in [0.1, 0.15) is 20.3 Å². The van der Waals surface area contributed by atoms with Crippen LogP contribution in [-0.4, -0.2) is 25.0 Å². The van der Waals surface area contributed by atoms with E-state index in [-0.39, 0.29) is 6.42 Å². The summed E-state index contributed by atoms with van der Waals surface area (Å²) in [6.45, 7) is 2.88. The second-order valence-electron chi connectivity index (χ2n) is 2.69. The molecule has 0 radical (unpaired) electrons. The Kier molecular flexibility index (Phi) is 3.18. The maximum Gasteiger partial charge on any atom is 0.311 e. The number of carboxylic acid groups (broad SMARTS) is 1. The molecule has 0 aromatic carbocycles. The molecular weight excluding hydrogens is 170 g/mol. The quantitative estimate of drug-likeness (QED) is 0.675. The predicted octanol–water partition coefficient (Wildman–Crippen LogP) is 0.302. The monoisotopic (exact) mass is 179 g/mol. The van der Waals surface area contributed by atoms with E-state index in [2.05, 4.69) is 4.36 Å². The van der Waals surface area contributed by atoms with Gasteiger partial charge in [-0.1, -0.05) is 0 Å². The fourth-order valence-electron chi connectivity index (χ4n) is 0.604. The van der Waals surface area contributed by atoms with E-state index in [9.17, 15) is 13.2 Å². The van der Waals surface area contributed by atoms with E-state index in [1.807, 2.05) is 0 Å². The number of carbonyl (C=O) groups is 1. The van der Waals surface area contributed by atoms with Gasteiger partial charge in [0.15, 0.2) is 0 Å². The summed E-state index contributed by atoms with van der Waals surface area (Å²) in [5, 5.41) is 8.30. The zero-order valence-electron chi connectivity index (χ0n) is 6.23. The van der Waals surface area contributed by atoms with Gasteiger partial charge in [0.25, 0.3) is 0 Å². The molecule has 0 aromatic rings. The predicted molar refractivity (Wildman–Crippen MR) is 37.7 cm³/mol. The van der Waals surface area contributed by atoms with E-state index >= 15 is 0 Å². The van der Waals surface area contributed by atoms with Crippen LogP contribution in [0.25, 0.3) is 0 Å². The van der Waals surface area contributed by atoms with Crippen LogP contribution in [0.2, 0.25) is 0 Å². The van der Waals surface area contributed by atoms with Crippen LogP contribution in [0.4, 0.5) is 0 Å². The first kappa shape index (κ1) is 10.1. The molecule has 6 heteroatoms. The van der Waals surface area contributed by atoms with Gasteiger partial charge in [-0.3, -0.25) is 4.79 Å². The van der Waals surface area contributed by atoms with Gasteiger partial charge in [-0.05, 0) is 13.8 Å². The largest absolute Gasteiger partial charge is 0.481 e. The fraction of sp³-hybridized carbons (Fsp3) is 0.800. The molecule has 0 rings (SSSR count). The number of hydrogen-bond donors (Lipinski definition) is 1. The average molecular weight is 179 g/mol. The topological polar surface area (TPSA) is 83.8 Å². The van der Waals surface area contributed by atoms with Gasteiger partial charge >= 0.3 is 16.5 Å². The molecular formula is C5H9NO4S. The molecule has 5 nitrogen and oxygen atoms in total. The van der Waals surface area contributed by atoms with Gasteiger partial charge in [0, 0.05) is 0 Å². The first-order valence-corrected chi connectivity index (χ1v) is 3.91. The Morgan fingerprint density at radius 3 is 2.27 bits per heavy atom. The Balaban J connectivity index is 4.48. The van der Waals surface area contributed by atoms with Crippen LogP contribution in [-0.2, 0) is 15.3 Å². The third-order valence-corrected chi connectivity index (χ3v) is 1.55. The van der Waals surface area contributed by atoms with Crippen molar-refractivity contribution in [2.45, 2.75) is 25.8 Å². The molecule has 1 N–H and O–H groups in total. The number of hydrogen-bond acceptors (Lipinski definition) is 4. The fourth-order valence-corrected chi connectivity index (χ4v) is 1.07. The minimum absolute atomic E-state index is 0.291. The van der Waals surface area contributed by atoms with Crippen LogP contribution in [0, 0.1) is 0 Å². The van der Waals surface area contributed by atoms with E-state index < -0.39 is 22.0 Å². The van der Waals surface area contributed by atoms with Crippen LogP contribution in [0.5, 0.6) is 0 Å². The molecule has 0 atom stereocenters. The van der Waals surface area contributed by atoms with Gasteiger partial charge in [-0.2, -0.15) is 12.8 Å². The average Bonchev–Trinajstić information content (AvgIpc) is 1.53. The molecule has 0 saturated carbocycles. The Morgan fingerprint density at radius 2 is 2.00 bits per heavy atom. The van der Waals surface area contributed by atoms with Crippen LogP contribution < -0.4 is 0 Å². The van der Waals surface area contributed by atoms with E-state index in [1.165, 1.54) is 13.8 Å². The minimum atomic E-state index is -2.54. The van der Waals surface area contributed by atoms with Crippen molar-refractivity contribution < 1.29 is 18.3 Å². The lowest BCUT2D eigenvalue weighted by molar-refractivity contribution is -0.138. The minimum Gasteiger partial charge on any atom is -0.481 e. The van der Waals surface area contributed by atoms with Crippen molar-refractivity contribution in [1.82, 2.24) is 0 Å². The Morgan fingerprint density at radius 1 is 1.55 bits per heavy atom. The summed E-state index contributed by atoms with van der Waals surface area (Å²) in [5.41, 5.74) is -1.04. The Labute approximate surface area is 65.7 Å². The van der Waals surface area contributed by atoms with Crippen molar-refractivity contribution in [2.75, 3.05) is 0 Å². The molecule has 0 heterocycles. The summed E-state index contributed by atoms with van der Waals surface area (Å²) in [5.74, 6) is -1.07. The Hall–Kier alpha value is -0.910. The molecule has 64 valence electrons. The van der Waals surface area contributed by atoms with Gasteiger partial charge in [0.1, 0.15) is 0 Å². The smallest absolute Gasteiger partial charge is 0.311 e. The van der Waals surface area contributed by atoms with Crippen molar-refractivity contribution in [3.8, 4) is 0 Å².